The zero-order chi connectivity index (χ0) is 13.0. The summed E-state index contributed by atoms with van der Waals surface area (Å²) in [6.07, 6.45) is 1.02. The van der Waals surface area contributed by atoms with Crippen LogP contribution in [0.25, 0.3) is 0 Å². The molecule has 1 aliphatic rings. The number of piperidine rings is 1. The van der Waals surface area contributed by atoms with Crippen LogP contribution in [0.2, 0.25) is 0 Å². The summed E-state index contributed by atoms with van der Waals surface area (Å²) >= 11 is 0. The number of hydrogen-bond acceptors (Lipinski definition) is 3. The van der Waals surface area contributed by atoms with Gasteiger partial charge < -0.3 is 9.64 Å². The second kappa shape index (κ2) is 6.01. The molecule has 0 amide bonds. The molecule has 1 heterocycles. The highest BCUT2D eigenvalue weighted by Gasteiger charge is 2.34. The second-order valence-corrected chi connectivity index (χ2v) is 4.93. The summed E-state index contributed by atoms with van der Waals surface area (Å²) in [7, 11) is 2.06. The quantitative estimate of drug-likeness (QED) is 0.767. The highest BCUT2D eigenvalue weighted by atomic mass is 16.5. The third kappa shape index (κ3) is 2.91. The fraction of sp³-hybridized carbons (Fsp3) is 0.533. The molecular formula is C15H21NO2. The number of carbonyl (C=O) groups excluding carboxylic acids is 1. The van der Waals surface area contributed by atoms with Gasteiger partial charge in [0.05, 0.1) is 12.5 Å². The van der Waals surface area contributed by atoms with Crippen LogP contribution in [0.3, 0.4) is 0 Å². The van der Waals surface area contributed by atoms with Crippen molar-refractivity contribution in [1.82, 2.24) is 4.90 Å². The average Bonchev–Trinajstić information content (AvgIpc) is 2.40. The molecule has 2 rings (SSSR count). The molecule has 98 valence electrons. The number of rotatable bonds is 3. The molecule has 3 heteroatoms. The van der Waals surface area contributed by atoms with Crippen molar-refractivity contribution in [2.24, 2.45) is 5.92 Å². The van der Waals surface area contributed by atoms with E-state index < -0.39 is 0 Å². The Hall–Kier alpha value is -1.35. The van der Waals surface area contributed by atoms with Crippen LogP contribution in [-0.2, 0) is 9.53 Å². The first-order chi connectivity index (χ1) is 8.72. The topological polar surface area (TPSA) is 29.5 Å². The number of hydrogen-bond donors (Lipinski definition) is 0. The Morgan fingerprint density at radius 3 is 2.78 bits per heavy atom. The number of carbonyl (C=O) groups is 1. The lowest BCUT2D eigenvalue weighted by atomic mass is 9.80. The van der Waals surface area contributed by atoms with Crippen molar-refractivity contribution in [3.63, 3.8) is 0 Å². The summed E-state index contributed by atoms with van der Waals surface area (Å²) in [5.74, 6) is 0.199. The van der Waals surface area contributed by atoms with E-state index in [0.717, 1.165) is 19.5 Å². The lowest BCUT2D eigenvalue weighted by Gasteiger charge is -2.35. The first kappa shape index (κ1) is 13.1. The number of nitrogens with zero attached hydrogens (tertiary/aromatic N) is 1. The number of benzene rings is 1. The van der Waals surface area contributed by atoms with Gasteiger partial charge in [0, 0.05) is 6.54 Å². The molecule has 3 nitrogen and oxygen atoms in total. The Balaban J connectivity index is 2.18. The van der Waals surface area contributed by atoms with Gasteiger partial charge in [0.25, 0.3) is 0 Å². The molecule has 1 aromatic rings. The Bertz CT molecular complexity index is 391. The lowest BCUT2D eigenvalue weighted by Crippen LogP contribution is -2.41. The summed E-state index contributed by atoms with van der Waals surface area (Å²) in [5, 5.41) is 0. The van der Waals surface area contributed by atoms with Crippen LogP contribution in [0, 0.1) is 5.92 Å². The summed E-state index contributed by atoms with van der Waals surface area (Å²) in [6, 6.07) is 10.3. The van der Waals surface area contributed by atoms with Gasteiger partial charge in [0.1, 0.15) is 0 Å². The molecule has 0 radical (unpaired) electrons. The molecular weight excluding hydrogens is 226 g/mol. The Labute approximate surface area is 109 Å². The van der Waals surface area contributed by atoms with Crippen molar-refractivity contribution >= 4 is 5.97 Å². The molecule has 0 N–H and O–H groups in total. The van der Waals surface area contributed by atoms with E-state index in [0.29, 0.717) is 12.5 Å². The molecule has 1 aliphatic heterocycles. The normalized spacial score (nSPS) is 24.8. The van der Waals surface area contributed by atoms with Gasteiger partial charge in [-0.15, -0.1) is 0 Å². The van der Waals surface area contributed by atoms with E-state index in [2.05, 4.69) is 24.1 Å². The molecule has 2 atom stereocenters. The molecule has 0 saturated carbocycles. The van der Waals surface area contributed by atoms with E-state index in [9.17, 15) is 4.79 Å². The van der Waals surface area contributed by atoms with Gasteiger partial charge in [0.15, 0.2) is 0 Å². The molecule has 0 aromatic heterocycles. The van der Waals surface area contributed by atoms with E-state index in [-0.39, 0.29) is 11.9 Å². The predicted molar refractivity (Wildman–Crippen MR) is 71.4 cm³/mol. The van der Waals surface area contributed by atoms with Gasteiger partial charge in [-0.25, -0.2) is 0 Å². The summed E-state index contributed by atoms with van der Waals surface area (Å²) in [4.78, 5) is 14.3. The fourth-order valence-corrected chi connectivity index (χ4v) is 2.70. The molecule has 0 aliphatic carbocycles. The second-order valence-electron chi connectivity index (χ2n) is 4.93. The lowest BCUT2D eigenvalue weighted by molar-refractivity contribution is -0.150. The van der Waals surface area contributed by atoms with Crippen LogP contribution in [0.5, 0.6) is 0 Å². The Morgan fingerprint density at radius 1 is 1.39 bits per heavy atom. The number of likely N-dealkylation sites (tertiary alicyclic amines) is 1. The minimum Gasteiger partial charge on any atom is -0.466 e. The molecule has 1 fully saturated rings. The smallest absolute Gasteiger partial charge is 0.310 e. The minimum atomic E-state index is -0.0575. The first-order valence-electron chi connectivity index (χ1n) is 6.62. The summed E-state index contributed by atoms with van der Waals surface area (Å²) < 4.78 is 5.22. The minimum absolute atomic E-state index is 0.0360. The maximum atomic E-state index is 12.1. The van der Waals surface area contributed by atoms with E-state index in [4.69, 9.17) is 4.74 Å². The maximum Gasteiger partial charge on any atom is 0.310 e. The van der Waals surface area contributed by atoms with Crippen molar-refractivity contribution in [2.45, 2.75) is 19.3 Å². The zero-order valence-electron chi connectivity index (χ0n) is 11.1. The number of ether oxygens (including phenoxy) is 1. The first-order valence-corrected chi connectivity index (χ1v) is 6.62. The molecule has 18 heavy (non-hydrogen) atoms. The average molecular weight is 247 g/mol. The van der Waals surface area contributed by atoms with E-state index in [1.165, 1.54) is 5.56 Å². The van der Waals surface area contributed by atoms with Gasteiger partial charge in [-0.2, -0.15) is 0 Å². The van der Waals surface area contributed by atoms with Crippen LogP contribution in [0.15, 0.2) is 30.3 Å². The van der Waals surface area contributed by atoms with Crippen LogP contribution < -0.4 is 0 Å². The highest BCUT2D eigenvalue weighted by molar-refractivity contribution is 5.74. The van der Waals surface area contributed by atoms with Crippen molar-refractivity contribution in [3.8, 4) is 0 Å². The van der Waals surface area contributed by atoms with Gasteiger partial charge in [-0.3, -0.25) is 4.79 Å². The SMILES string of the molecule is CCOC(=O)[C@@H]1CN(C)CC[C@@H]1c1ccccc1. The van der Waals surface area contributed by atoms with Gasteiger partial charge in [0.2, 0.25) is 0 Å². The number of esters is 1. The molecule has 0 unspecified atom stereocenters. The van der Waals surface area contributed by atoms with E-state index in [1.807, 2.05) is 25.1 Å². The summed E-state index contributed by atoms with van der Waals surface area (Å²) in [6.45, 7) is 4.15. The molecule has 0 bridgehead atoms. The zero-order valence-corrected chi connectivity index (χ0v) is 11.1. The Morgan fingerprint density at radius 2 is 2.11 bits per heavy atom. The van der Waals surface area contributed by atoms with Crippen molar-refractivity contribution in [1.29, 1.82) is 0 Å². The monoisotopic (exact) mass is 247 g/mol. The van der Waals surface area contributed by atoms with Gasteiger partial charge in [-0.1, -0.05) is 30.3 Å². The van der Waals surface area contributed by atoms with E-state index in [1.54, 1.807) is 0 Å². The van der Waals surface area contributed by atoms with Crippen molar-refractivity contribution in [2.75, 3.05) is 26.7 Å². The fourth-order valence-electron chi connectivity index (χ4n) is 2.70. The van der Waals surface area contributed by atoms with Gasteiger partial charge in [-0.05, 0) is 38.4 Å². The standard InChI is InChI=1S/C15H21NO2/c1-3-18-15(17)14-11-16(2)10-9-13(14)12-7-5-4-6-8-12/h4-8,13-14H,3,9-11H2,1-2H3/t13-,14-/m1/s1. The van der Waals surface area contributed by atoms with Crippen molar-refractivity contribution in [3.05, 3.63) is 35.9 Å². The van der Waals surface area contributed by atoms with E-state index >= 15 is 0 Å². The maximum absolute atomic E-state index is 12.1. The highest BCUT2D eigenvalue weighted by Crippen LogP contribution is 2.33. The largest absolute Gasteiger partial charge is 0.466 e. The molecule has 0 spiro atoms. The third-order valence-electron chi connectivity index (χ3n) is 3.63. The van der Waals surface area contributed by atoms with Crippen molar-refractivity contribution < 1.29 is 9.53 Å². The Kier molecular flexibility index (Phi) is 4.37. The van der Waals surface area contributed by atoms with Crippen LogP contribution in [-0.4, -0.2) is 37.6 Å². The van der Waals surface area contributed by atoms with Crippen LogP contribution >= 0.6 is 0 Å². The molecule has 1 aromatic carbocycles. The predicted octanol–water partition coefficient (Wildman–Crippen LogP) is 2.29. The molecule has 1 saturated heterocycles. The van der Waals surface area contributed by atoms with Gasteiger partial charge >= 0.3 is 5.97 Å². The van der Waals surface area contributed by atoms with Crippen LogP contribution in [0.1, 0.15) is 24.8 Å². The third-order valence-corrected chi connectivity index (χ3v) is 3.63. The summed E-state index contributed by atoms with van der Waals surface area (Å²) in [5.41, 5.74) is 1.25. The van der Waals surface area contributed by atoms with Crippen LogP contribution in [0.4, 0.5) is 0 Å².